The van der Waals surface area contributed by atoms with Gasteiger partial charge in [-0.15, -0.1) is 0 Å². The van der Waals surface area contributed by atoms with Gasteiger partial charge in [0, 0.05) is 44.9 Å². The summed E-state index contributed by atoms with van der Waals surface area (Å²) >= 11 is 0. The van der Waals surface area contributed by atoms with Gasteiger partial charge in [-0.2, -0.15) is 0 Å². The second-order valence-corrected chi connectivity index (χ2v) is 5.08. The number of hydrogen-bond donors (Lipinski definition) is 1. The lowest BCUT2D eigenvalue weighted by atomic mass is 10.0. The Morgan fingerprint density at radius 3 is 2.07 bits per heavy atom. The molecule has 0 amide bonds. The molecule has 0 aliphatic carbocycles. The van der Waals surface area contributed by atoms with Gasteiger partial charge in [0.1, 0.15) is 0 Å². The van der Waals surface area contributed by atoms with E-state index in [1.807, 2.05) is 0 Å². The first-order valence-corrected chi connectivity index (χ1v) is 5.62. The fourth-order valence-electron chi connectivity index (χ4n) is 1.94. The average Bonchev–Trinajstić information content (AvgIpc) is 2.14. The lowest BCUT2D eigenvalue weighted by Crippen LogP contribution is -2.53. The molecule has 3 nitrogen and oxygen atoms in total. The molecule has 1 rings (SSSR count). The quantitative estimate of drug-likeness (QED) is 0.729. The third kappa shape index (κ3) is 3.56. The van der Waals surface area contributed by atoms with E-state index in [0.717, 1.165) is 39.1 Å². The molecule has 0 saturated carbocycles. The van der Waals surface area contributed by atoms with Gasteiger partial charge in [0.2, 0.25) is 0 Å². The van der Waals surface area contributed by atoms with Gasteiger partial charge in [0.05, 0.1) is 0 Å². The number of aliphatic hydroxyl groups excluding tert-OH is 1. The van der Waals surface area contributed by atoms with Gasteiger partial charge >= 0.3 is 0 Å². The highest BCUT2D eigenvalue weighted by molar-refractivity contribution is 4.81. The van der Waals surface area contributed by atoms with Crippen LogP contribution in [0.1, 0.15) is 27.2 Å². The third-order valence-electron chi connectivity index (χ3n) is 2.95. The zero-order chi connectivity index (χ0) is 10.6. The molecule has 1 aliphatic rings. The summed E-state index contributed by atoms with van der Waals surface area (Å²) in [6, 6.07) is 0. The van der Waals surface area contributed by atoms with E-state index in [1.54, 1.807) is 0 Å². The summed E-state index contributed by atoms with van der Waals surface area (Å²) in [7, 11) is 0. The lowest BCUT2D eigenvalue weighted by Gasteiger charge is -2.42. The second kappa shape index (κ2) is 5.10. The van der Waals surface area contributed by atoms with Crippen molar-refractivity contribution in [2.75, 3.05) is 39.3 Å². The van der Waals surface area contributed by atoms with Crippen molar-refractivity contribution in [3.63, 3.8) is 0 Å². The van der Waals surface area contributed by atoms with Crippen molar-refractivity contribution in [3.05, 3.63) is 0 Å². The largest absolute Gasteiger partial charge is 0.396 e. The molecule has 1 fully saturated rings. The number of hydrogen-bond acceptors (Lipinski definition) is 3. The molecule has 3 heteroatoms. The van der Waals surface area contributed by atoms with E-state index in [0.29, 0.717) is 12.1 Å². The summed E-state index contributed by atoms with van der Waals surface area (Å²) in [4.78, 5) is 4.97. The highest BCUT2D eigenvalue weighted by atomic mass is 16.3. The van der Waals surface area contributed by atoms with E-state index in [1.165, 1.54) is 0 Å². The molecule has 0 aromatic heterocycles. The fourth-order valence-corrected chi connectivity index (χ4v) is 1.94. The van der Waals surface area contributed by atoms with Crippen molar-refractivity contribution in [1.82, 2.24) is 9.80 Å². The van der Waals surface area contributed by atoms with E-state index in [4.69, 9.17) is 5.11 Å². The smallest absolute Gasteiger partial charge is 0.0443 e. The van der Waals surface area contributed by atoms with E-state index in [9.17, 15) is 0 Å². The first kappa shape index (κ1) is 12.0. The summed E-state index contributed by atoms with van der Waals surface area (Å²) in [6.45, 7) is 12.8. The number of nitrogens with zero attached hydrogens (tertiary/aromatic N) is 2. The molecule has 1 saturated heterocycles. The van der Waals surface area contributed by atoms with Gasteiger partial charge < -0.3 is 10.0 Å². The average molecular weight is 200 g/mol. The molecule has 0 atom stereocenters. The van der Waals surface area contributed by atoms with Crippen LogP contribution >= 0.6 is 0 Å². The minimum Gasteiger partial charge on any atom is -0.396 e. The van der Waals surface area contributed by atoms with Gasteiger partial charge in [-0.3, -0.25) is 4.90 Å². The van der Waals surface area contributed by atoms with E-state index < -0.39 is 0 Å². The van der Waals surface area contributed by atoms with Crippen molar-refractivity contribution in [1.29, 1.82) is 0 Å². The molecular formula is C11H24N2O. The van der Waals surface area contributed by atoms with Crippen molar-refractivity contribution in [3.8, 4) is 0 Å². The van der Waals surface area contributed by atoms with Crippen LogP contribution in [0.4, 0.5) is 0 Å². The van der Waals surface area contributed by atoms with E-state index in [2.05, 4.69) is 30.6 Å². The molecule has 84 valence electrons. The highest BCUT2D eigenvalue weighted by Gasteiger charge is 2.25. The van der Waals surface area contributed by atoms with Crippen LogP contribution in [-0.4, -0.2) is 59.8 Å². The highest BCUT2D eigenvalue weighted by Crippen LogP contribution is 2.15. The van der Waals surface area contributed by atoms with Crippen molar-refractivity contribution >= 4 is 0 Å². The fraction of sp³-hybridized carbons (Fsp3) is 1.00. The standard InChI is InChI=1S/C11H24N2O/c1-11(2,3)13-8-6-12(7-9-13)5-4-10-14/h14H,4-10H2,1-3H3. The van der Waals surface area contributed by atoms with Crippen LogP contribution in [0.15, 0.2) is 0 Å². The second-order valence-electron chi connectivity index (χ2n) is 5.08. The predicted octanol–water partition coefficient (Wildman–Crippen LogP) is 0.785. The molecule has 0 unspecified atom stereocenters. The summed E-state index contributed by atoms with van der Waals surface area (Å²) in [5.74, 6) is 0. The minimum absolute atomic E-state index is 0.309. The monoisotopic (exact) mass is 200 g/mol. The Morgan fingerprint density at radius 2 is 1.64 bits per heavy atom. The van der Waals surface area contributed by atoms with Crippen LogP contribution in [0, 0.1) is 0 Å². The first-order valence-electron chi connectivity index (χ1n) is 5.62. The maximum absolute atomic E-state index is 8.74. The maximum Gasteiger partial charge on any atom is 0.0443 e. The minimum atomic E-state index is 0.309. The first-order chi connectivity index (χ1) is 6.54. The van der Waals surface area contributed by atoms with Gasteiger partial charge in [0.15, 0.2) is 0 Å². The molecule has 0 aromatic carbocycles. The Bertz CT molecular complexity index is 157. The summed E-state index contributed by atoms with van der Waals surface area (Å²) in [6.07, 6.45) is 0.912. The number of aliphatic hydroxyl groups is 1. The normalized spacial score (nSPS) is 21.4. The van der Waals surface area contributed by atoms with Gasteiger partial charge in [-0.05, 0) is 27.2 Å². The van der Waals surface area contributed by atoms with Crippen LogP contribution in [0.2, 0.25) is 0 Å². The molecule has 0 spiro atoms. The molecule has 14 heavy (non-hydrogen) atoms. The van der Waals surface area contributed by atoms with Crippen LogP contribution in [0.3, 0.4) is 0 Å². The molecule has 1 N–H and O–H groups in total. The summed E-state index contributed by atoms with van der Waals surface area (Å²) in [5.41, 5.74) is 0.309. The predicted molar refractivity (Wildman–Crippen MR) is 59.5 cm³/mol. The number of piperazine rings is 1. The Hall–Kier alpha value is -0.120. The molecule has 0 bridgehead atoms. The maximum atomic E-state index is 8.74. The van der Waals surface area contributed by atoms with E-state index in [-0.39, 0.29) is 0 Å². The summed E-state index contributed by atoms with van der Waals surface area (Å²) in [5, 5.41) is 8.74. The molecule has 1 heterocycles. The van der Waals surface area contributed by atoms with Crippen molar-refractivity contribution in [2.24, 2.45) is 0 Å². The molecular weight excluding hydrogens is 176 g/mol. The van der Waals surface area contributed by atoms with Crippen LogP contribution < -0.4 is 0 Å². The van der Waals surface area contributed by atoms with Gasteiger partial charge in [0.25, 0.3) is 0 Å². The van der Waals surface area contributed by atoms with Crippen LogP contribution in [0.25, 0.3) is 0 Å². The van der Waals surface area contributed by atoms with Crippen LogP contribution in [0.5, 0.6) is 0 Å². The Kier molecular flexibility index (Phi) is 4.35. The Balaban J connectivity index is 2.24. The summed E-state index contributed by atoms with van der Waals surface area (Å²) < 4.78 is 0. The van der Waals surface area contributed by atoms with Crippen molar-refractivity contribution in [2.45, 2.75) is 32.7 Å². The number of rotatable bonds is 3. The molecule has 0 radical (unpaired) electrons. The lowest BCUT2D eigenvalue weighted by molar-refractivity contribution is 0.0596. The zero-order valence-electron chi connectivity index (χ0n) is 9.79. The zero-order valence-corrected chi connectivity index (χ0v) is 9.79. The van der Waals surface area contributed by atoms with Gasteiger partial charge in [-0.25, -0.2) is 0 Å². The Morgan fingerprint density at radius 1 is 1.07 bits per heavy atom. The third-order valence-corrected chi connectivity index (χ3v) is 2.95. The van der Waals surface area contributed by atoms with Gasteiger partial charge in [-0.1, -0.05) is 0 Å². The van der Waals surface area contributed by atoms with E-state index >= 15 is 0 Å². The molecule has 0 aromatic rings. The Labute approximate surface area is 87.7 Å². The topological polar surface area (TPSA) is 26.7 Å². The van der Waals surface area contributed by atoms with Crippen LogP contribution in [-0.2, 0) is 0 Å². The SMILES string of the molecule is CC(C)(C)N1CCN(CCCO)CC1. The van der Waals surface area contributed by atoms with Crippen molar-refractivity contribution < 1.29 is 5.11 Å². The molecule has 1 aliphatic heterocycles.